The summed E-state index contributed by atoms with van der Waals surface area (Å²) in [6.07, 6.45) is 3.37. The van der Waals surface area contributed by atoms with Gasteiger partial charge < -0.3 is 10.4 Å². The Morgan fingerprint density at radius 2 is 2.33 bits per heavy atom. The number of hydrogen-bond donors (Lipinski definition) is 2. The van der Waals surface area contributed by atoms with Crippen molar-refractivity contribution in [1.29, 1.82) is 0 Å². The standard InChI is InChI=1S/C7H15NO/c1-8-5-6-3-2-4-7(6)9/h6-9H,2-5H2,1H3/t6-,7-/m1/s1. The van der Waals surface area contributed by atoms with Gasteiger partial charge in [0.2, 0.25) is 0 Å². The Labute approximate surface area is 56.3 Å². The van der Waals surface area contributed by atoms with Gasteiger partial charge in [-0.25, -0.2) is 0 Å². The largest absolute Gasteiger partial charge is 0.393 e. The summed E-state index contributed by atoms with van der Waals surface area (Å²) in [7, 11) is 1.94. The van der Waals surface area contributed by atoms with Gasteiger partial charge in [0.05, 0.1) is 6.10 Å². The fourth-order valence-corrected chi connectivity index (χ4v) is 1.52. The fraction of sp³-hybridized carbons (Fsp3) is 1.00. The average molecular weight is 129 g/mol. The van der Waals surface area contributed by atoms with E-state index in [1.807, 2.05) is 7.05 Å². The van der Waals surface area contributed by atoms with Crippen LogP contribution < -0.4 is 5.32 Å². The van der Waals surface area contributed by atoms with Crippen LogP contribution in [-0.4, -0.2) is 24.8 Å². The van der Waals surface area contributed by atoms with Gasteiger partial charge in [0.25, 0.3) is 0 Å². The zero-order valence-electron chi connectivity index (χ0n) is 5.93. The molecule has 0 heterocycles. The van der Waals surface area contributed by atoms with Crippen LogP contribution in [0.4, 0.5) is 0 Å². The Morgan fingerprint density at radius 3 is 2.78 bits per heavy atom. The molecule has 0 amide bonds. The van der Waals surface area contributed by atoms with Gasteiger partial charge in [0.15, 0.2) is 0 Å². The van der Waals surface area contributed by atoms with Crippen molar-refractivity contribution in [3.8, 4) is 0 Å². The minimum absolute atomic E-state index is 0.0301. The Bertz CT molecular complexity index is 85.0. The molecule has 2 heteroatoms. The van der Waals surface area contributed by atoms with E-state index < -0.39 is 0 Å². The topological polar surface area (TPSA) is 32.3 Å². The molecule has 2 nitrogen and oxygen atoms in total. The fourth-order valence-electron chi connectivity index (χ4n) is 1.52. The molecule has 54 valence electrons. The summed E-state index contributed by atoms with van der Waals surface area (Å²) < 4.78 is 0. The summed E-state index contributed by atoms with van der Waals surface area (Å²) >= 11 is 0. The molecule has 0 aromatic carbocycles. The third-order valence-corrected chi connectivity index (χ3v) is 2.09. The maximum Gasteiger partial charge on any atom is 0.0580 e. The molecule has 0 aromatic rings. The van der Waals surface area contributed by atoms with Gasteiger partial charge in [-0.2, -0.15) is 0 Å². The van der Waals surface area contributed by atoms with Crippen molar-refractivity contribution in [2.24, 2.45) is 5.92 Å². The first kappa shape index (κ1) is 7.03. The van der Waals surface area contributed by atoms with Crippen LogP contribution in [0.25, 0.3) is 0 Å². The molecule has 1 fully saturated rings. The quantitative estimate of drug-likeness (QED) is 0.564. The van der Waals surface area contributed by atoms with Gasteiger partial charge in [-0.15, -0.1) is 0 Å². The van der Waals surface area contributed by atoms with Crippen LogP contribution in [0.3, 0.4) is 0 Å². The summed E-state index contributed by atoms with van der Waals surface area (Å²) in [4.78, 5) is 0. The lowest BCUT2D eigenvalue weighted by atomic mass is 10.1. The minimum Gasteiger partial charge on any atom is -0.393 e. The van der Waals surface area contributed by atoms with E-state index in [1.165, 1.54) is 12.8 Å². The zero-order chi connectivity index (χ0) is 6.69. The highest BCUT2D eigenvalue weighted by Crippen LogP contribution is 2.24. The molecule has 1 aliphatic carbocycles. The number of rotatable bonds is 2. The third kappa shape index (κ3) is 1.66. The van der Waals surface area contributed by atoms with Crippen molar-refractivity contribution in [2.45, 2.75) is 25.4 Å². The molecule has 0 saturated heterocycles. The summed E-state index contributed by atoms with van der Waals surface area (Å²) in [6.45, 7) is 0.973. The van der Waals surface area contributed by atoms with Crippen molar-refractivity contribution in [3.05, 3.63) is 0 Å². The number of nitrogens with one attached hydrogen (secondary N) is 1. The lowest BCUT2D eigenvalue weighted by Gasteiger charge is -2.12. The predicted molar refractivity (Wildman–Crippen MR) is 37.3 cm³/mol. The van der Waals surface area contributed by atoms with E-state index >= 15 is 0 Å². The first-order valence-electron chi connectivity index (χ1n) is 3.67. The molecule has 1 aliphatic rings. The molecule has 1 rings (SSSR count). The summed E-state index contributed by atoms with van der Waals surface area (Å²) in [5.41, 5.74) is 0. The maximum absolute atomic E-state index is 9.28. The number of hydrogen-bond acceptors (Lipinski definition) is 2. The molecule has 1 saturated carbocycles. The van der Waals surface area contributed by atoms with Crippen LogP contribution in [0.2, 0.25) is 0 Å². The van der Waals surface area contributed by atoms with Crippen molar-refractivity contribution in [3.63, 3.8) is 0 Å². The van der Waals surface area contributed by atoms with Crippen LogP contribution in [0.5, 0.6) is 0 Å². The van der Waals surface area contributed by atoms with E-state index in [0.717, 1.165) is 13.0 Å². The average Bonchev–Trinajstić information content (AvgIpc) is 2.18. The summed E-state index contributed by atoms with van der Waals surface area (Å²) in [5, 5.41) is 12.4. The molecule has 0 spiro atoms. The SMILES string of the molecule is CNC[C@H]1CCC[C@H]1O. The van der Waals surface area contributed by atoms with Gasteiger partial charge in [-0.1, -0.05) is 6.42 Å². The molecule has 0 bridgehead atoms. The first-order chi connectivity index (χ1) is 4.34. The zero-order valence-corrected chi connectivity index (χ0v) is 5.93. The van der Waals surface area contributed by atoms with Gasteiger partial charge in [0, 0.05) is 6.54 Å². The summed E-state index contributed by atoms with van der Waals surface area (Å²) in [6, 6.07) is 0. The Hall–Kier alpha value is -0.0800. The Balaban J connectivity index is 2.22. The van der Waals surface area contributed by atoms with E-state index in [9.17, 15) is 5.11 Å². The molecule has 9 heavy (non-hydrogen) atoms. The summed E-state index contributed by atoms with van der Waals surface area (Å²) in [5.74, 6) is 0.523. The van der Waals surface area contributed by atoms with Crippen LogP contribution in [0.1, 0.15) is 19.3 Å². The van der Waals surface area contributed by atoms with Crippen molar-refractivity contribution < 1.29 is 5.11 Å². The monoisotopic (exact) mass is 129 g/mol. The highest BCUT2D eigenvalue weighted by Gasteiger charge is 2.23. The van der Waals surface area contributed by atoms with Gasteiger partial charge >= 0.3 is 0 Å². The lowest BCUT2D eigenvalue weighted by molar-refractivity contribution is 0.133. The Kier molecular flexibility index (Phi) is 2.49. The predicted octanol–water partition coefficient (Wildman–Crippen LogP) is 0.367. The van der Waals surface area contributed by atoms with E-state index in [1.54, 1.807) is 0 Å². The molecular formula is C7H15NO. The second kappa shape index (κ2) is 3.18. The highest BCUT2D eigenvalue weighted by molar-refractivity contribution is 4.77. The molecule has 0 aliphatic heterocycles. The second-order valence-corrected chi connectivity index (χ2v) is 2.82. The van der Waals surface area contributed by atoms with Gasteiger partial charge in [-0.3, -0.25) is 0 Å². The van der Waals surface area contributed by atoms with Gasteiger partial charge in [0.1, 0.15) is 0 Å². The maximum atomic E-state index is 9.28. The van der Waals surface area contributed by atoms with E-state index in [2.05, 4.69) is 5.32 Å². The number of aliphatic hydroxyl groups is 1. The van der Waals surface area contributed by atoms with E-state index in [0.29, 0.717) is 5.92 Å². The van der Waals surface area contributed by atoms with Crippen molar-refractivity contribution in [1.82, 2.24) is 5.32 Å². The van der Waals surface area contributed by atoms with Gasteiger partial charge in [-0.05, 0) is 25.8 Å². The first-order valence-corrected chi connectivity index (χ1v) is 3.67. The van der Waals surface area contributed by atoms with Crippen molar-refractivity contribution in [2.75, 3.05) is 13.6 Å². The van der Waals surface area contributed by atoms with Crippen LogP contribution in [-0.2, 0) is 0 Å². The van der Waals surface area contributed by atoms with Crippen LogP contribution in [0, 0.1) is 5.92 Å². The number of aliphatic hydroxyl groups excluding tert-OH is 1. The molecule has 0 aromatic heterocycles. The third-order valence-electron chi connectivity index (χ3n) is 2.09. The minimum atomic E-state index is -0.0301. The van der Waals surface area contributed by atoms with E-state index in [-0.39, 0.29) is 6.10 Å². The second-order valence-electron chi connectivity index (χ2n) is 2.82. The van der Waals surface area contributed by atoms with E-state index in [4.69, 9.17) is 0 Å². The van der Waals surface area contributed by atoms with Crippen LogP contribution in [0.15, 0.2) is 0 Å². The smallest absolute Gasteiger partial charge is 0.0580 e. The van der Waals surface area contributed by atoms with Crippen molar-refractivity contribution >= 4 is 0 Å². The van der Waals surface area contributed by atoms with Crippen LogP contribution >= 0.6 is 0 Å². The molecule has 0 radical (unpaired) electrons. The molecule has 2 N–H and O–H groups in total. The molecular weight excluding hydrogens is 114 g/mol. The lowest BCUT2D eigenvalue weighted by Crippen LogP contribution is -2.24. The molecule has 0 unspecified atom stereocenters. The normalized spacial score (nSPS) is 35.3. The molecule has 2 atom stereocenters. The highest BCUT2D eigenvalue weighted by atomic mass is 16.3. The Morgan fingerprint density at radius 1 is 1.56 bits per heavy atom.